The van der Waals surface area contributed by atoms with Crippen molar-refractivity contribution in [2.45, 2.75) is 31.2 Å². The fraction of sp³-hybridized carbons (Fsp3) is 0.500. The molecule has 1 N–H and O–H groups in total. The number of hydrogen-bond donors (Lipinski definition) is 1. The molecule has 2 aromatic carbocycles. The van der Waals surface area contributed by atoms with E-state index in [1.165, 1.54) is 17.8 Å². The molecule has 0 bridgehead atoms. The van der Waals surface area contributed by atoms with Crippen LogP contribution in [0.4, 0.5) is 21.9 Å². The number of ether oxygens (including phenoxy) is 1. The molecular formula is C30H39N7O2. The molecule has 39 heavy (non-hydrogen) atoms. The number of piperidine rings is 1. The number of carbonyl (C=O) groups is 1. The maximum atomic E-state index is 13.0. The van der Waals surface area contributed by atoms with E-state index in [0.717, 1.165) is 74.5 Å². The Morgan fingerprint density at radius 1 is 0.897 bits per heavy atom. The molecule has 206 valence electrons. The van der Waals surface area contributed by atoms with Crippen molar-refractivity contribution in [3.8, 4) is 0 Å². The van der Waals surface area contributed by atoms with E-state index >= 15 is 0 Å². The van der Waals surface area contributed by atoms with Gasteiger partial charge in [-0.2, -0.15) is 0 Å². The fourth-order valence-corrected chi connectivity index (χ4v) is 6.12. The van der Waals surface area contributed by atoms with Crippen LogP contribution in [0.25, 0.3) is 10.9 Å². The van der Waals surface area contributed by atoms with Crippen molar-refractivity contribution < 1.29 is 9.53 Å². The number of likely N-dealkylation sites (N-methyl/N-ethyl adjacent to an activating group) is 1. The first-order valence-electron chi connectivity index (χ1n) is 14.2. The van der Waals surface area contributed by atoms with Crippen molar-refractivity contribution in [2.75, 3.05) is 81.7 Å². The number of hydrogen-bond acceptors (Lipinski definition) is 7. The van der Waals surface area contributed by atoms with Crippen molar-refractivity contribution in [1.82, 2.24) is 19.8 Å². The first-order chi connectivity index (χ1) is 19.0. The minimum atomic E-state index is -0.0357. The van der Waals surface area contributed by atoms with Gasteiger partial charge >= 0.3 is 6.03 Å². The summed E-state index contributed by atoms with van der Waals surface area (Å²) in [6.45, 7) is 6.88. The van der Waals surface area contributed by atoms with Gasteiger partial charge in [-0.3, -0.25) is 0 Å². The van der Waals surface area contributed by atoms with Crippen molar-refractivity contribution in [3.05, 3.63) is 54.5 Å². The van der Waals surface area contributed by atoms with E-state index in [4.69, 9.17) is 9.72 Å². The number of aromatic nitrogens is 2. The van der Waals surface area contributed by atoms with Gasteiger partial charge in [-0.15, -0.1) is 0 Å². The zero-order chi connectivity index (χ0) is 26.8. The number of rotatable bonds is 5. The molecule has 0 spiro atoms. The summed E-state index contributed by atoms with van der Waals surface area (Å²) in [5, 5.41) is 4.21. The van der Waals surface area contributed by atoms with Gasteiger partial charge in [-0.05, 0) is 75.8 Å². The Bertz CT molecular complexity index is 1280. The molecule has 2 amide bonds. The SMILES string of the molecule is CN(C)[C@@H]1CCN(c2ccc3c(C4CCN(C(=O)Nc5ccc(N6CCOCC6)cc5)CC4)ncnc3c2)C1. The van der Waals surface area contributed by atoms with Gasteiger partial charge in [0.25, 0.3) is 0 Å². The van der Waals surface area contributed by atoms with E-state index in [0.29, 0.717) is 25.0 Å². The summed E-state index contributed by atoms with van der Waals surface area (Å²) >= 11 is 0. The van der Waals surface area contributed by atoms with Crippen molar-refractivity contribution in [3.63, 3.8) is 0 Å². The van der Waals surface area contributed by atoms with Crippen LogP contribution in [0.1, 0.15) is 30.9 Å². The van der Waals surface area contributed by atoms with Gasteiger partial charge in [0.1, 0.15) is 6.33 Å². The highest BCUT2D eigenvalue weighted by Crippen LogP contribution is 2.33. The topological polar surface area (TPSA) is 77.1 Å². The van der Waals surface area contributed by atoms with Gasteiger partial charge < -0.3 is 29.7 Å². The minimum absolute atomic E-state index is 0.0357. The maximum absolute atomic E-state index is 13.0. The molecule has 0 unspecified atom stereocenters. The minimum Gasteiger partial charge on any atom is -0.378 e. The van der Waals surface area contributed by atoms with Crippen LogP contribution in [-0.2, 0) is 4.74 Å². The number of anilines is 3. The van der Waals surface area contributed by atoms with E-state index in [9.17, 15) is 4.79 Å². The second-order valence-corrected chi connectivity index (χ2v) is 11.2. The summed E-state index contributed by atoms with van der Waals surface area (Å²) in [5.41, 5.74) is 5.34. The molecule has 4 heterocycles. The molecule has 9 heteroatoms. The van der Waals surface area contributed by atoms with Gasteiger partial charge in [0.2, 0.25) is 0 Å². The fourth-order valence-electron chi connectivity index (χ4n) is 6.12. The zero-order valence-corrected chi connectivity index (χ0v) is 23.1. The molecule has 9 nitrogen and oxygen atoms in total. The van der Waals surface area contributed by atoms with Crippen molar-refractivity contribution >= 4 is 34.0 Å². The van der Waals surface area contributed by atoms with E-state index in [1.807, 2.05) is 17.0 Å². The molecule has 6 rings (SSSR count). The van der Waals surface area contributed by atoms with E-state index in [-0.39, 0.29) is 6.03 Å². The third kappa shape index (κ3) is 5.65. The summed E-state index contributed by atoms with van der Waals surface area (Å²) in [7, 11) is 4.32. The molecule has 0 aliphatic carbocycles. The Kier molecular flexibility index (Phi) is 7.52. The Hall–Kier alpha value is -3.43. The number of carbonyl (C=O) groups excluding carboxylic acids is 1. The lowest BCUT2D eigenvalue weighted by Crippen LogP contribution is -2.40. The van der Waals surface area contributed by atoms with E-state index in [1.54, 1.807) is 6.33 Å². The van der Waals surface area contributed by atoms with Crippen LogP contribution in [0, 0.1) is 0 Å². The van der Waals surface area contributed by atoms with Crippen LogP contribution in [0.5, 0.6) is 0 Å². The summed E-state index contributed by atoms with van der Waals surface area (Å²) in [4.78, 5) is 31.3. The Morgan fingerprint density at radius 2 is 1.64 bits per heavy atom. The maximum Gasteiger partial charge on any atom is 0.321 e. The highest BCUT2D eigenvalue weighted by molar-refractivity contribution is 5.89. The van der Waals surface area contributed by atoms with Crippen molar-refractivity contribution in [2.24, 2.45) is 0 Å². The summed E-state index contributed by atoms with van der Waals surface area (Å²) < 4.78 is 5.44. The summed E-state index contributed by atoms with van der Waals surface area (Å²) in [6, 6.07) is 15.3. The van der Waals surface area contributed by atoms with Gasteiger partial charge in [0.15, 0.2) is 0 Å². The first-order valence-corrected chi connectivity index (χ1v) is 14.2. The van der Waals surface area contributed by atoms with Crippen LogP contribution in [0.15, 0.2) is 48.8 Å². The van der Waals surface area contributed by atoms with Gasteiger partial charge in [-0.1, -0.05) is 0 Å². The predicted molar refractivity (Wildman–Crippen MR) is 156 cm³/mol. The van der Waals surface area contributed by atoms with Crippen LogP contribution < -0.4 is 15.1 Å². The summed E-state index contributed by atoms with van der Waals surface area (Å²) in [5.74, 6) is 0.322. The third-order valence-electron chi connectivity index (χ3n) is 8.57. The van der Waals surface area contributed by atoms with Gasteiger partial charge in [0, 0.05) is 73.7 Å². The number of fused-ring (bicyclic) bond motifs is 1. The van der Waals surface area contributed by atoms with Crippen LogP contribution in [0.2, 0.25) is 0 Å². The number of urea groups is 1. The number of nitrogens with one attached hydrogen (secondary N) is 1. The van der Waals surface area contributed by atoms with E-state index in [2.05, 4.69) is 69.4 Å². The molecule has 1 aromatic heterocycles. The van der Waals surface area contributed by atoms with Crippen LogP contribution >= 0.6 is 0 Å². The molecule has 3 saturated heterocycles. The standard InChI is InChI=1S/C30H39N7O2/c1-34(2)26-11-14-37(20-26)25-7-8-27-28(19-25)31-21-32-29(27)22-9-12-36(13-10-22)30(38)33-23-3-5-24(6-4-23)35-15-17-39-18-16-35/h3-8,19,21-22,26H,9-18,20H2,1-2H3,(H,33,38)/t26-/m1/s1. The Morgan fingerprint density at radius 3 is 2.36 bits per heavy atom. The van der Waals surface area contributed by atoms with Gasteiger partial charge in [0.05, 0.1) is 24.4 Å². The van der Waals surface area contributed by atoms with Crippen LogP contribution in [-0.4, -0.2) is 98.4 Å². The lowest BCUT2D eigenvalue weighted by Gasteiger charge is -2.32. The third-order valence-corrected chi connectivity index (χ3v) is 8.57. The van der Waals surface area contributed by atoms with Gasteiger partial charge in [-0.25, -0.2) is 14.8 Å². The molecule has 3 aromatic rings. The second kappa shape index (κ2) is 11.4. The predicted octanol–water partition coefficient (Wildman–Crippen LogP) is 4.02. The lowest BCUT2D eigenvalue weighted by molar-refractivity contribution is 0.122. The molecule has 3 fully saturated rings. The Labute approximate surface area is 230 Å². The monoisotopic (exact) mass is 529 g/mol. The highest BCUT2D eigenvalue weighted by atomic mass is 16.5. The molecule has 0 saturated carbocycles. The van der Waals surface area contributed by atoms with E-state index < -0.39 is 0 Å². The number of benzene rings is 2. The average molecular weight is 530 g/mol. The smallest absolute Gasteiger partial charge is 0.321 e. The van der Waals surface area contributed by atoms with Crippen LogP contribution in [0.3, 0.4) is 0 Å². The average Bonchev–Trinajstić information content (AvgIpc) is 3.49. The molecule has 3 aliphatic rings. The van der Waals surface area contributed by atoms with Crippen molar-refractivity contribution in [1.29, 1.82) is 0 Å². The molecular weight excluding hydrogens is 490 g/mol. The Balaban J connectivity index is 1.06. The number of nitrogens with zero attached hydrogens (tertiary/aromatic N) is 6. The zero-order valence-electron chi connectivity index (χ0n) is 23.1. The lowest BCUT2D eigenvalue weighted by atomic mass is 9.91. The number of morpholine rings is 1. The molecule has 1 atom stereocenters. The second-order valence-electron chi connectivity index (χ2n) is 11.2. The molecule has 0 radical (unpaired) electrons. The number of likely N-dealkylation sites (tertiary alicyclic amines) is 1. The normalized spacial score (nSPS) is 20.7. The molecule has 3 aliphatic heterocycles. The highest BCUT2D eigenvalue weighted by Gasteiger charge is 2.27. The summed E-state index contributed by atoms with van der Waals surface area (Å²) in [6.07, 6.45) is 4.68. The first kappa shape index (κ1) is 25.8. The largest absolute Gasteiger partial charge is 0.378 e. The number of amides is 2. The quantitative estimate of drug-likeness (QED) is 0.535.